The van der Waals surface area contributed by atoms with Crippen LogP contribution in [0.2, 0.25) is 0 Å². The molecule has 0 aromatic carbocycles. The van der Waals surface area contributed by atoms with Gasteiger partial charge in [-0.2, -0.15) is 0 Å². The number of likely N-dealkylation sites (tertiary alicyclic amines) is 1. The molecular formula is C15H22Br2N2S. The van der Waals surface area contributed by atoms with Crippen molar-refractivity contribution in [1.29, 1.82) is 0 Å². The number of thiophene rings is 1. The monoisotopic (exact) mass is 420 g/mol. The van der Waals surface area contributed by atoms with E-state index in [1.165, 1.54) is 53.7 Å². The van der Waals surface area contributed by atoms with Crippen molar-refractivity contribution in [2.24, 2.45) is 11.7 Å². The Kier molecular flexibility index (Phi) is 5.24. The number of hydrogen-bond acceptors (Lipinski definition) is 3. The first-order valence-corrected chi connectivity index (χ1v) is 10.0. The normalized spacial score (nSPS) is 29.1. The number of fused-ring (bicyclic) bond motifs is 1. The van der Waals surface area contributed by atoms with E-state index in [0.29, 0.717) is 6.04 Å². The van der Waals surface area contributed by atoms with E-state index in [4.69, 9.17) is 5.73 Å². The molecule has 0 amide bonds. The van der Waals surface area contributed by atoms with Gasteiger partial charge in [0.25, 0.3) is 0 Å². The molecule has 0 radical (unpaired) electrons. The van der Waals surface area contributed by atoms with Crippen molar-refractivity contribution in [3.05, 3.63) is 19.2 Å². The van der Waals surface area contributed by atoms with Crippen molar-refractivity contribution in [3.8, 4) is 0 Å². The van der Waals surface area contributed by atoms with Gasteiger partial charge in [-0.25, -0.2) is 0 Å². The largest absolute Gasteiger partial charge is 0.329 e. The Bertz CT molecular complexity index is 441. The fourth-order valence-electron chi connectivity index (χ4n) is 3.99. The van der Waals surface area contributed by atoms with Crippen molar-refractivity contribution >= 4 is 43.2 Å². The second-order valence-corrected chi connectivity index (χ2v) is 9.27. The summed E-state index contributed by atoms with van der Waals surface area (Å²) in [5.41, 5.74) is 6.15. The van der Waals surface area contributed by atoms with Gasteiger partial charge in [0.2, 0.25) is 0 Å². The number of halogens is 2. The van der Waals surface area contributed by atoms with Gasteiger partial charge >= 0.3 is 0 Å². The lowest BCUT2D eigenvalue weighted by atomic mass is 9.77. The van der Waals surface area contributed by atoms with E-state index in [1.54, 1.807) is 0 Å². The lowest BCUT2D eigenvalue weighted by molar-refractivity contribution is 0.0287. The number of nitrogens with two attached hydrogens (primary N) is 1. The SMILES string of the molecule is NCC(c1cc(Br)c(Br)s1)N1CCC[C@H]2CCCC[C@H]21. The van der Waals surface area contributed by atoms with Crippen LogP contribution in [0.3, 0.4) is 0 Å². The lowest BCUT2D eigenvalue weighted by Gasteiger charge is -2.47. The smallest absolute Gasteiger partial charge is 0.0843 e. The maximum atomic E-state index is 6.15. The summed E-state index contributed by atoms with van der Waals surface area (Å²) in [6.07, 6.45) is 8.39. The van der Waals surface area contributed by atoms with Gasteiger partial charge in [0.1, 0.15) is 0 Å². The number of piperidine rings is 1. The van der Waals surface area contributed by atoms with Crippen LogP contribution >= 0.6 is 43.2 Å². The lowest BCUT2D eigenvalue weighted by Crippen LogP contribution is -2.49. The Morgan fingerprint density at radius 2 is 2.00 bits per heavy atom. The average molecular weight is 422 g/mol. The van der Waals surface area contributed by atoms with Gasteiger partial charge < -0.3 is 5.73 Å². The highest BCUT2D eigenvalue weighted by Crippen LogP contribution is 2.42. The molecule has 1 aliphatic carbocycles. The maximum absolute atomic E-state index is 6.15. The second kappa shape index (κ2) is 6.78. The van der Waals surface area contributed by atoms with Crippen molar-refractivity contribution < 1.29 is 0 Å². The van der Waals surface area contributed by atoms with Crippen LogP contribution in [0, 0.1) is 5.92 Å². The third-order valence-electron chi connectivity index (χ3n) is 4.90. The molecule has 1 saturated heterocycles. The van der Waals surface area contributed by atoms with Crippen LogP contribution in [0.1, 0.15) is 49.4 Å². The topological polar surface area (TPSA) is 29.3 Å². The summed E-state index contributed by atoms with van der Waals surface area (Å²) in [6.45, 7) is 1.94. The van der Waals surface area contributed by atoms with Crippen molar-refractivity contribution in [2.75, 3.05) is 13.1 Å². The molecule has 2 heterocycles. The summed E-state index contributed by atoms with van der Waals surface area (Å²) in [4.78, 5) is 4.12. The average Bonchev–Trinajstić information content (AvgIpc) is 2.79. The Balaban J connectivity index is 1.83. The Labute approximate surface area is 142 Å². The molecule has 0 spiro atoms. The van der Waals surface area contributed by atoms with Crippen LogP contribution in [-0.2, 0) is 0 Å². The molecule has 0 bridgehead atoms. The number of rotatable bonds is 3. The van der Waals surface area contributed by atoms with Crippen molar-refractivity contribution in [1.82, 2.24) is 4.90 Å². The Morgan fingerprint density at radius 3 is 2.70 bits per heavy atom. The van der Waals surface area contributed by atoms with Crippen LogP contribution in [0.5, 0.6) is 0 Å². The number of nitrogens with zero attached hydrogens (tertiary/aromatic N) is 1. The summed E-state index contributed by atoms with van der Waals surface area (Å²) >= 11 is 9.06. The van der Waals surface area contributed by atoms with Crippen molar-refractivity contribution in [2.45, 2.75) is 50.6 Å². The van der Waals surface area contributed by atoms with Crippen LogP contribution in [0.15, 0.2) is 14.3 Å². The summed E-state index contributed by atoms with van der Waals surface area (Å²) < 4.78 is 2.34. The van der Waals surface area contributed by atoms with Gasteiger partial charge in [-0.3, -0.25) is 4.90 Å². The Hall–Kier alpha value is 0.580. The molecule has 20 heavy (non-hydrogen) atoms. The first kappa shape index (κ1) is 15.5. The van der Waals surface area contributed by atoms with Gasteiger partial charge in [-0.05, 0) is 76.1 Å². The zero-order valence-electron chi connectivity index (χ0n) is 11.7. The molecule has 2 N–H and O–H groups in total. The fourth-order valence-corrected chi connectivity index (χ4v) is 6.22. The molecule has 3 atom stereocenters. The predicted molar refractivity (Wildman–Crippen MR) is 93.2 cm³/mol. The molecule has 1 saturated carbocycles. The minimum absolute atomic E-state index is 0.397. The summed E-state index contributed by atoms with van der Waals surface area (Å²) in [6, 6.07) is 3.41. The molecule has 1 aromatic heterocycles. The first-order chi connectivity index (χ1) is 9.70. The molecule has 2 fully saturated rings. The van der Waals surface area contributed by atoms with E-state index in [2.05, 4.69) is 42.8 Å². The van der Waals surface area contributed by atoms with Crippen LogP contribution < -0.4 is 5.73 Å². The highest BCUT2D eigenvalue weighted by Gasteiger charge is 2.37. The predicted octanol–water partition coefficient (Wildman–Crippen LogP) is 4.93. The fraction of sp³-hybridized carbons (Fsp3) is 0.733. The molecule has 5 heteroatoms. The van der Waals surface area contributed by atoms with Crippen LogP contribution in [0.25, 0.3) is 0 Å². The van der Waals surface area contributed by atoms with E-state index in [-0.39, 0.29) is 0 Å². The molecule has 3 rings (SSSR count). The summed E-state index contributed by atoms with van der Waals surface area (Å²) in [7, 11) is 0. The molecule has 1 aromatic rings. The highest BCUT2D eigenvalue weighted by atomic mass is 79.9. The number of hydrogen-bond donors (Lipinski definition) is 1. The third-order valence-corrected chi connectivity index (χ3v) is 8.26. The van der Waals surface area contributed by atoms with Crippen LogP contribution in [-0.4, -0.2) is 24.0 Å². The first-order valence-electron chi connectivity index (χ1n) is 7.61. The van der Waals surface area contributed by atoms with Gasteiger partial charge in [0.05, 0.1) is 9.83 Å². The molecule has 112 valence electrons. The zero-order chi connectivity index (χ0) is 14.1. The standard InChI is InChI=1S/C15H22Br2N2S/c16-11-8-14(20-15(11)17)13(9-18)19-7-3-5-10-4-1-2-6-12(10)19/h8,10,12-13H,1-7,9,18H2/t10-,12-,13?/m1/s1. The second-order valence-electron chi connectivity index (χ2n) is 6.01. The van der Waals surface area contributed by atoms with E-state index < -0.39 is 0 Å². The maximum Gasteiger partial charge on any atom is 0.0843 e. The van der Waals surface area contributed by atoms with Gasteiger partial charge in [0.15, 0.2) is 0 Å². The quantitative estimate of drug-likeness (QED) is 0.749. The van der Waals surface area contributed by atoms with Crippen LogP contribution in [0.4, 0.5) is 0 Å². The van der Waals surface area contributed by atoms with Gasteiger partial charge in [0, 0.05) is 21.9 Å². The summed E-state index contributed by atoms with van der Waals surface area (Å²) in [5, 5.41) is 0. The highest BCUT2D eigenvalue weighted by molar-refractivity contribution is 9.13. The molecule has 1 aliphatic heterocycles. The molecule has 2 aliphatic rings. The van der Waals surface area contributed by atoms with E-state index >= 15 is 0 Å². The zero-order valence-corrected chi connectivity index (χ0v) is 15.6. The van der Waals surface area contributed by atoms with E-state index in [9.17, 15) is 0 Å². The molecule has 1 unspecified atom stereocenters. The van der Waals surface area contributed by atoms with Gasteiger partial charge in [-0.1, -0.05) is 12.8 Å². The van der Waals surface area contributed by atoms with Crippen molar-refractivity contribution in [3.63, 3.8) is 0 Å². The van der Waals surface area contributed by atoms with E-state index in [1.807, 2.05) is 11.3 Å². The summed E-state index contributed by atoms with van der Waals surface area (Å²) in [5.74, 6) is 0.915. The minimum atomic E-state index is 0.397. The Morgan fingerprint density at radius 1 is 1.25 bits per heavy atom. The minimum Gasteiger partial charge on any atom is -0.329 e. The van der Waals surface area contributed by atoms with Gasteiger partial charge in [-0.15, -0.1) is 11.3 Å². The molecule has 2 nitrogen and oxygen atoms in total. The van der Waals surface area contributed by atoms with E-state index in [0.717, 1.165) is 23.0 Å². The molecular weight excluding hydrogens is 400 g/mol. The third kappa shape index (κ3) is 3.02.